The van der Waals surface area contributed by atoms with Gasteiger partial charge in [-0.3, -0.25) is 0 Å². The van der Waals surface area contributed by atoms with E-state index in [4.69, 9.17) is 4.98 Å². The van der Waals surface area contributed by atoms with Crippen molar-refractivity contribution in [3.63, 3.8) is 0 Å². The molecule has 0 saturated carbocycles. The first-order valence-corrected chi connectivity index (χ1v) is 18.5. The fourth-order valence-corrected chi connectivity index (χ4v) is 7.66. The van der Waals surface area contributed by atoms with Gasteiger partial charge in [0.15, 0.2) is 0 Å². The minimum absolute atomic E-state index is 0.695. The van der Waals surface area contributed by atoms with E-state index in [1.165, 1.54) is 159 Å². The van der Waals surface area contributed by atoms with E-state index < -0.39 is 0 Å². The summed E-state index contributed by atoms with van der Waals surface area (Å²) in [6.07, 6.45) is 32.8. The molecular weight excluding hydrogens is 478 g/mol. The first kappa shape index (κ1) is 35.7. The third kappa shape index (κ3) is 14.9. The third-order valence-corrected chi connectivity index (χ3v) is 10.1. The Morgan fingerprint density at radius 2 is 0.789 bits per heavy atom. The zero-order chi connectivity index (χ0) is 27.8. The van der Waals surface area contributed by atoms with Crippen molar-refractivity contribution in [1.29, 1.82) is 0 Å². The molecule has 38 heavy (non-hydrogen) atoms. The molecule has 2 atom stereocenters. The second-order valence-corrected chi connectivity index (χ2v) is 13.4. The lowest BCUT2D eigenvalue weighted by molar-refractivity contribution is 0.471. The highest BCUT2D eigenvalue weighted by atomic mass is 32.1. The average molecular weight is 548 g/mol. The van der Waals surface area contributed by atoms with Gasteiger partial charge in [-0.15, -0.1) is 11.3 Å². The van der Waals surface area contributed by atoms with Crippen molar-refractivity contribution >= 4 is 11.3 Å². The summed E-state index contributed by atoms with van der Waals surface area (Å²) >= 11 is 2.20. The van der Waals surface area contributed by atoms with E-state index in [2.05, 4.69) is 52.9 Å². The van der Waals surface area contributed by atoms with Gasteiger partial charge in [-0.05, 0) is 44.4 Å². The summed E-state index contributed by atoms with van der Waals surface area (Å²) in [5, 5.41) is 1.53. The molecule has 0 spiro atoms. The molecule has 1 nitrogen and oxygen atoms in total. The molecule has 0 radical (unpaired) electrons. The van der Waals surface area contributed by atoms with E-state index in [9.17, 15) is 0 Å². The number of thiazole rings is 1. The fourth-order valence-electron chi connectivity index (χ4n) is 6.17. The molecule has 0 aromatic carbocycles. The van der Waals surface area contributed by atoms with Gasteiger partial charge < -0.3 is 0 Å². The molecule has 0 N–H and O–H groups in total. The maximum atomic E-state index is 5.72. The normalized spacial score (nSPS) is 13.4. The zero-order valence-electron chi connectivity index (χ0n) is 27.1. The maximum Gasteiger partial charge on any atom is 0.0962 e. The van der Waals surface area contributed by atoms with E-state index in [1.54, 1.807) is 10.6 Å². The lowest BCUT2D eigenvalue weighted by Gasteiger charge is -2.22. The Labute approximate surface area is 244 Å². The van der Waals surface area contributed by atoms with E-state index >= 15 is 0 Å². The standard InChI is InChI=1S/C36H69NS/c1-7-13-19-24-27-31(26-20-14-8-2)34-35(32(28-21-15-9-3)29-22-16-10-4)38-36(37-34)33(25-18-12-6)30-23-17-11-5/h31-33H,7-30H2,1-6H3. The molecule has 1 aromatic rings. The van der Waals surface area contributed by atoms with Gasteiger partial charge in [0, 0.05) is 16.7 Å². The smallest absolute Gasteiger partial charge is 0.0962 e. The molecule has 2 heteroatoms. The average Bonchev–Trinajstić information content (AvgIpc) is 3.36. The summed E-state index contributed by atoms with van der Waals surface area (Å²) in [7, 11) is 0. The predicted octanol–water partition coefficient (Wildman–Crippen LogP) is 13.9. The van der Waals surface area contributed by atoms with Gasteiger partial charge in [-0.1, -0.05) is 157 Å². The van der Waals surface area contributed by atoms with Gasteiger partial charge in [0.2, 0.25) is 0 Å². The SMILES string of the molecule is CCCCCCC(CCCCC)c1nc(C(CCCC)CCCCC)sc1C(CCCCC)CCCCC. The van der Waals surface area contributed by atoms with Crippen LogP contribution in [0.25, 0.3) is 0 Å². The van der Waals surface area contributed by atoms with Gasteiger partial charge in [-0.2, -0.15) is 0 Å². The number of hydrogen-bond acceptors (Lipinski definition) is 2. The Morgan fingerprint density at radius 3 is 1.26 bits per heavy atom. The molecule has 0 aliphatic rings. The van der Waals surface area contributed by atoms with Crippen LogP contribution < -0.4 is 0 Å². The van der Waals surface area contributed by atoms with Crippen LogP contribution in [0.3, 0.4) is 0 Å². The van der Waals surface area contributed by atoms with Gasteiger partial charge in [0.25, 0.3) is 0 Å². The Morgan fingerprint density at radius 1 is 0.421 bits per heavy atom. The summed E-state index contributed by atoms with van der Waals surface area (Å²) in [4.78, 5) is 7.47. The molecule has 224 valence electrons. The van der Waals surface area contributed by atoms with Crippen LogP contribution >= 0.6 is 11.3 Å². The Hall–Kier alpha value is -0.370. The van der Waals surface area contributed by atoms with Gasteiger partial charge in [0.1, 0.15) is 0 Å². The maximum absolute atomic E-state index is 5.72. The van der Waals surface area contributed by atoms with Crippen LogP contribution in [0.15, 0.2) is 0 Å². The Balaban J connectivity index is 3.40. The summed E-state index contributed by atoms with van der Waals surface area (Å²) in [5.41, 5.74) is 1.59. The van der Waals surface area contributed by atoms with Crippen molar-refractivity contribution in [1.82, 2.24) is 4.98 Å². The first-order valence-electron chi connectivity index (χ1n) is 17.7. The lowest BCUT2D eigenvalue weighted by Crippen LogP contribution is -2.08. The van der Waals surface area contributed by atoms with Crippen LogP contribution in [0.5, 0.6) is 0 Å². The van der Waals surface area contributed by atoms with Crippen LogP contribution in [-0.4, -0.2) is 4.98 Å². The van der Waals surface area contributed by atoms with Crippen molar-refractivity contribution in [2.75, 3.05) is 0 Å². The van der Waals surface area contributed by atoms with E-state index in [-0.39, 0.29) is 0 Å². The largest absolute Gasteiger partial charge is 0.245 e. The van der Waals surface area contributed by atoms with E-state index in [1.807, 2.05) is 0 Å². The van der Waals surface area contributed by atoms with Gasteiger partial charge in [0.05, 0.1) is 10.7 Å². The predicted molar refractivity (Wildman–Crippen MR) is 175 cm³/mol. The number of hydrogen-bond donors (Lipinski definition) is 0. The van der Waals surface area contributed by atoms with Crippen LogP contribution in [-0.2, 0) is 0 Å². The van der Waals surface area contributed by atoms with Crippen molar-refractivity contribution in [2.45, 2.75) is 213 Å². The van der Waals surface area contributed by atoms with E-state index in [0.29, 0.717) is 11.8 Å². The second-order valence-electron chi connectivity index (χ2n) is 12.4. The minimum Gasteiger partial charge on any atom is -0.245 e. The molecule has 0 fully saturated rings. The van der Waals surface area contributed by atoms with Crippen molar-refractivity contribution in [3.05, 3.63) is 15.6 Å². The molecule has 1 heterocycles. The summed E-state index contributed by atoms with van der Waals surface area (Å²) < 4.78 is 0. The fraction of sp³-hybridized carbons (Fsp3) is 0.917. The quantitative estimate of drug-likeness (QED) is 0.0998. The number of unbranched alkanes of at least 4 members (excludes halogenated alkanes) is 12. The van der Waals surface area contributed by atoms with Crippen molar-refractivity contribution < 1.29 is 0 Å². The highest BCUT2D eigenvalue weighted by molar-refractivity contribution is 7.12. The number of aromatic nitrogens is 1. The molecule has 0 aliphatic carbocycles. The van der Waals surface area contributed by atoms with Gasteiger partial charge in [-0.25, -0.2) is 4.98 Å². The van der Waals surface area contributed by atoms with E-state index in [0.717, 1.165) is 5.92 Å². The lowest BCUT2D eigenvalue weighted by atomic mass is 9.86. The topological polar surface area (TPSA) is 12.9 Å². The molecular formula is C36H69NS. The number of rotatable bonds is 27. The molecule has 0 amide bonds. The Bertz CT molecular complexity index is 625. The van der Waals surface area contributed by atoms with Crippen molar-refractivity contribution in [3.8, 4) is 0 Å². The molecule has 0 bridgehead atoms. The molecule has 2 unspecified atom stereocenters. The summed E-state index contributed by atoms with van der Waals surface area (Å²) in [6.45, 7) is 14.1. The highest BCUT2D eigenvalue weighted by Crippen LogP contribution is 2.44. The zero-order valence-corrected chi connectivity index (χ0v) is 27.9. The number of nitrogens with zero attached hydrogens (tertiary/aromatic N) is 1. The first-order chi connectivity index (χ1) is 18.7. The van der Waals surface area contributed by atoms with Crippen LogP contribution in [0.1, 0.15) is 229 Å². The Kier molecular flexibility index (Phi) is 22.9. The van der Waals surface area contributed by atoms with Crippen LogP contribution in [0, 0.1) is 0 Å². The van der Waals surface area contributed by atoms with Gasteiger partial charge >= 0.3 is 0 Å². The monoisotopic (exact) mass is 548 g/mol. The molecule has 0 saturated heterocycles. The molecule has 1 rings (SSSR count). The second kappa shape index (κ2) is 24.4. The van der Waals surface area contributed by atoms with Crippen LogP contribution in [0.2, 0.25) is 0 Å². The van der Waals surface area contributed by atoms with Crippen molar-refractivity contribution in [2.24, 2.45) is 0 Å². The van der Waals surface area contributed by atoms with Crippen LogP contribution in [0.4, 0.5) is 0 Å². The third-order valence-electron chi connectivity index (χ3n) is 8.74. The summed E-state index contributed by atoms with van der Waals surface area (Å²) in [5.74, 6) is 2.14. The molecule has 1 aromatic heterocycles. The highest BCUT2D eigenvalue weighted by Gasteiger charge is 2.28. The molecule has 0 aliphatic heterocycles. The summed E-state index contributed by atoms with van der Waals surface area (Å²) in [6, 6.07) is 0. The minimum atomic E-state index is 0.695.